The fourth-order valence-corrected chi connectivity index (χ4v) is 7.11. The number of hydrogen-bond acceptors (Lipinski definition) is 3. The van der Waals surface area contributed by atoms with E-state index in [1.54, 1.807) is 0 Å². The lowest BCUT2D eigenvalue weighted by Crippen LogP contribution is -2.05. The van der Waals surface area contributed by atoms with Crippen LogP contribution < -0.4 is 5.63 Å². The summed E-state index contributed by atoms with van der Waals surface area (Å²) in [5.74, 6) is 0. The summed E-state index contributed by atoms with van der Waals surface area (Å²) >= 11 is 0. The fraction of sp³-hybridized carbons (Fsp3) is 0.0455. The van der Waals surface area contributed by atoms with Crippen LogP contribution in [0.15, 0.2) is 172 Å². The zero-order valence-corrected chi connectivity index (χ0v) is 26.1. The van der Waals surface area contributed by atoms with Gasteiger partial charge in [0.1, 0.15) is 5.58 Å². The Kier molecular flexibility index (Phi) is 6.72. The monoisotopic (exact) mass is 618 g/mol. The molecule has 1 aliphatic rings. The van der Waals surface area contributed by atoms with Crippen molar-refractivity contribution in [2.24, 2.45) is 4.99 Å². The van der Waals surface area contributed by atoms with Gasteiger partial charge < -0.3 is 8.98 Å². The van der Waals surface area contributed by atoms with Crippen molar-refractivity contribution in [3.63, 3.8) is 0 Å². The predicted octanol–water partition coefficient (Wildman–Crippen LogP) is 10.8. The quantitative estimate of drug-likeness (QED) is 0.146. The highest BCUT2D eigenvalue weighted by molar-refractivity contribution is 6.22. The van der Waals surface area contributed by atoms with E-state index in [9.17, 15) is 4.79 Å². The first-order valence-corrected chi connectivity index (χ1v) is 16.3. The van der Waals surface area contributed by atoms with Gasteiger partial charge in [0.15, 0.2) is 0 Å². The van der Waals surface area contributed by atoms with Gasteiger partial charge in [-0.15, -0.1) is 0 Å². The van der Waals surface area contributed by atoms with E-state index in [1.807, 2.05) is 48.5 Å². The Balaban J connectivity index is 1.31. The molecule has 0 N–H and O–H groups in total. The van der Waals surface area contributed by atoms with Gasteiger partial charge in [0, 0.05) is 38.5 Å². The average molecular weight is 619 g/mol. The first-order chi connectivity index (χ1) is 23.7. The van der Waals surface area contributed by atoms with Gasteiger partial charge in [-0.1, -0.05) is 127 Å². The Bertz CT molecular complexity index is 2680. The van der Waals surface area contributed by atoms with Crippen LogP contribution in [-0.2, 0) is 0 Å². The molecule has 1 aliphatic heterocycles. The summed E-state index contributed by atoms with van der Waals surface area (Å²) in [6, 6.07) is 49.7. The maximum atomic E-state index is 13.8. The third-order valence-corrected chi connectivity index (χ3v) is 9.33. The van der Waals surface area contributed by atoms with E-state index >= 15 is 0 Å². The van der Waals surface area contributed by atoms with Gasteiger partial charge in [0.25, 0.3) is 0 Å². The van der Waals surface area contributed by atoms with Crippen molar-refractivity contribution < 1.29 is 4.42 Å². The highest BCUT2D eigenvalue weighted by Crippen LogP contribution is 2.38. The molecule has 0 unspecified atom stereocenters. The van der Waals surface area contributed by atoms with E-state index in [0.29, 0.717) is 11.0 Å². The van der Waals surface area contributed by atoms with Crippen LogP contribution in [0.4, 0.5) is 0 Å². The molecule has 0 fully saturated rings. The van der Waals surface area contributed by atoms with E-state index < -0.39 is 0 Å². The largest absolute Gasteiger partial charge is 0.422 e. The lowest BCUT2D eigenvalue weighted by molar-refractivity contribution is 0.570. The molecule has 3 heterocycles. The van der Waals surface area contributed by atoms with E-state index in [0.717, 1.165) is 84.8 Å². The normalized spacial score (nSPS) is 13.7. The summed E-state index contributed by atoms with van der Waals surface area (Å²) in [4.78, 5) is 19.1. The minimum absolute atomic E-state index is 0.341. The van der Waals surface area contributed by atoms with Gasteiger partial charge >= 0.3 is 5.63 Å². The van der Waals surface area contributed by atoms with Crippen molar-refractivity contribution >= 4 is 60.5 Å². The number of fused-ring (bicyclic) bond motifs is 7. The molecule has 0 saturated heterocycles. The summed E-state index contributed by atoms with van der Waals surface area (Å²) in [6.45, 7) is 0. The third kappa shape index (κ3) is 4.69. The predicted molar refractivity (Wildman–Crippen MR) is 199 cm³/mol. The molecule has 8 aromatic rings. The van der Waals surface area contributed by atoms with Crippen molar-refractivity contribution in [1.29, 1.82) is 0 Å². The summed E-state index contributed by atoms with van der Waals surface area (Å²) in [6.07, 6.45) is 6.26. The summed E-state index contributed by atoms with van der Waals surface area (Å²) in [5, 5.41) is 4.47. The van der Waals surface area contributed by atoms with Crippen LogP contribution in [0, 0.1) is 0 Å². The minimum Gasteiger partial charge on any atom is -0.422 e. The number of allylic oxidation sites excluding steroid dienone is 3. The van der Waals surface area contributed by atoms with Crippen LogP contribution in [-0.4, -0.2) is 10.3 Å². The zero-order chi connectivity index (χ0) is 32.0. The van der Waals surface area contributed by atoms with E-state index in [1.165, 1.54) is 0 Å². The summed E-state index contributed by atoms with van der Waals surface area (Å²) < 4.78 is 8.13. The van der Waals surface area contributed by atoms with E-state index in [4.69, 9.17) is 9.41 Å². The molecular weight excluding hydrogens is 588 g/mol. The molecule has 0 aliphatic carbocycles. The highest BCUT2D eigenvalue weighted by Gasteiger charge is 2.20. The molecule has 4 nitrogen and oxygen atoms in total. The number of aromatic nitrogens is 1. The molecule has 4 heteroatoms. The molecule has 228 valence electrons. The topological polar surface area (TPSA) is 47.5 Å². The Morgan fingerprint density at radius 1 is 0.604 bits per heavy atom. The maximum Gasteiger partial charge on any atom is 0.346 e. The van der Waals surface area contributed by atoms with Crippen LogP contribution in [0.1, 0.15) is 29.5 Å². The minimum atomic E-state index is -0.341. The van der Waals surface area contributed by atoms with Crippen LogP contribution in [0.5, 0.6) is 0 Å². The van der Waals surface area contributed by atoms with Crippen LogP contribution in [0.2, 0.25) is 0 Å². The van der Waals surface area contributed by atoms with Crippen LogP contribution in [0.25, 0.3) is 60.5 Å². The molecule has 48 heavy (non-hydrogen) atoms. The lowest BCUT2D eigenvalue weighted by Gasteiger charge is -2.15. The average Bonchev–Trinajstić information content (AvgIpc) is 3.47. The molecule has 0 atom stereocenters. The van der Waals surface area contributed by atoms with Crippen LogP contribution >= 0.6 is 0 Å². The molecule has 6 aromatic carbocycles. The van der Waals surface area contributed by atoms with E-state index in [2.05, 4.69) is 114 Å². The highest BCUT2D eigenvalue weighted by atomic mass is 16.4. The van der Waals surface area contributed by atoms with Crippen molar-refractivity contribution in [1.82, 2.24) is 4.57 Å². The van der Waals surface area contributed by atoms with Gasteiger partial charge in [0.2, 0.25) is 0 Å². The molecule has 0 bridgehead atoms. The fourth-order valence-electron chi connectivity index (χ4n) is 7.11. The zero-order valence-electron chi connectivity index (χ0n) is 26.1. The molecule has 0 spiro atoms. The van der Waals surface area contributed by atoms with Crippen molar-refractivity contribution in [2.45, 2.75) is 12.8 Å². The maximum absolute atomic E-state index is 13.8. The number of aliphatic imine (C=N–C) groups is 1. The van der Waals surface area contributed by atoms with Crippen molar-refractivity contribution in [2.75, 3.05) is 0 Å². The van der Waals surface area contributed by atoms with E-state index in [-0.39, 0.29) is 5.63 Å². The second kappa shape index (κ2) is 11.5. The van der Waals surface area contributed by atoms with Gasteiger partial charge in [-0.25, -0.2) is 4.79 Å². The molecule has 2 aromatic heterocycles. The SMILES string of the molecule is O=c1oc2ccccc2c2ccc3c4ccccc4n(-c4cccc(C5=CC(c6ccccc6)=CCCC(c6ccccc6)=N5)c4)c3c12. The molecular formula is C44H30N2O2. The summed E-state index contributed by atoms with van der Waals surface area (Å²) in [5.41, 5.74) is 9.45. The third-order valence-electron chi connectivity index (χ3n) is 9.33. The lowest BCUT2D eigenvalue weighted by atomic mass is 9.97. The molecule has 9 rings (SSSR count). The number of rotatable bonds is 4. The van der Waals surface area contributed by atoms with Crippen LogP contribution in [0.3, 0.4) is 0 Å². The van der Waals surface area contributed by atoms with Gasteiger partial charge in [-0.2, -0.15) is 0 Å². The Morgan fingerprint density at radius 2 is 1.29 bits per heavy atom. The first-order valence-electron chi connectivity index (χ1n) is 16.3. The molecule has 0 saturated carbocycles. The van der Waals surface area contributed by atoms with Gasteiger partial charge in [-0.3, -0.25) is 4.99 Å². The molecule has 0 amide bonds. The second-order valence-electron chi connectivity index (χ2n) is 12.2. The first kappa shape index (κ1) is 28.0. The smallest absolute Gasteiger partial charge is 0.346 e. The Labute approximate surface area is 277 Å². The number of benzene rings is 6. The second-order valence-corrected chi connectivity index (χ2v) is 12.2. The van der Waals surface area contributed by atoms with Crippen molar-refractivity contribution in [3.05, 3.63) is 185 Å². The molecule has 0 radical (unpaired) electrons. The summed E-state index contributed by atoms with van der Waals surface area (Å²) in [7, 11) is 0. The number of nitrogens with zero attached hydrogens (tertiary/aromatic N) is 2. The Morgan fingerprint density at radius 3 is 2.12 bits per heavy atom. The number of para-hydroxylation sites is 2. The number of hydrogen-bond donors (Lipinski definition) is 0. The standard InChI is InChI=1S/C44H30N2O2/c47-44-42-36(35-21-8-10-24-41(35)48-44)25-26-37-34-20-7-9-23-40(34)46(43(37)42)33-19-11-18-32(27-33)39-28-31(29-13-3-1-4-14-29)17-12-22-38(45-39)30-15-5-2-6-16-30/h1-11,13-21,23-28H,12,22H2. The Hall–Kier alpha value is -6.26. The van der Waals surface area contributed by atoms with Gasteiger partial charge in [0.05, 0.1) is 22.1 Å². The van der Waals surface area contributed by atoms with Gasteiger partial charge in [-0.05, 0) is 59.9 Å². The van der Waals surface area contributed by atoms with Crippen molar-refractivity contribution in [3.8, 4) is 5.69 Å².